The number of hydrogen-bond acceptors (Lipinski definition) is 5. The minimum absolute atomic E-state index is 0.111. The van der Waals surface area contributed by atoms with E-state index in [9.17, 15) is 19.2 Å². The maximum atomic E-state index is 13.3. The molecule has 8 nitrogen and oxygen atoms in total. The summed E-state index contributed by atoms with van der Waals surface area (Å²) < 4.78 is 5.37. The van der Waals surface area contributed by atoms with Crippen molar-refractivity contribution in [1.82, 2.24) is 10.2 Å². The second kappa shape index (κ2) is 6.57. The number of carbonyl (C=O) groups excluding carboxylic acids is 4. The zero-order chi connectivity index (χ0) is 21.0. The standard InChI is InChI=1S/C21H25N3O5/c1-20(2,3)22-16(25)12-29-19(28)21-11-10-17(26)24(21)15-7-5-4-6-14(15)18(27)23(21)13-8-9-13/h4-7,13H,8-12H2,1-3H3,(H,22,25)/t21-/m0/s1. The first kappa shape index (κ1) is 19.4. The summed E-state index contributed by atoms with van der Waals surface area (Å²) in [7, 11) is 0. The first-order valence-electron chi connectivity index (χ1n) is 9.89. The predicted octanol–water partition coefficient (Wildman–Crippen LogP) is 1.59. The topological polar surface area (TPSA) is 96.0 Å². The van der Waals surface area contributed by atoms with Crippen molar-refractivity contribution in [2.45, 2.75) is 63.7 Å². The number of benzene rings is 1. The largest absolute Gasteiger partial charge is 0.452 e. The van der Waals surface area contributed by atoms with Crippen molar-refractivity contribution in [2.75, 3.05) is 11.5 Å². The first-order chi connectivity index (χ1) is 13.6. The van der Waals surface area contributed by atoms with Gasteiger partial charge in [-0.15, -0.1) is 0 Å². The van der Waals surface area contributed by atoms with Gasteiger partial charge < -0.3 is 15.0 Å². The fourth-order valence-corrected chi connectivity index (χ4v) is 4.21. The van der Waals surface area contributed by atoms with Crippen molar-refractivity contribution in [2.24, 2.45) is 0 Å². The zero-order valence-electron chi connectivity index (χ0n) is 16.9. The summed E-state index contributed by atoms with van der Waals surface area (Å²) in [6.45, 7) is 5.02. The molecule has 0 unspecified atom stereocenters. The van der Waals surface area contributed by atoms with Crippen molar-refractivity contribution >= 4 is 29.4 Å². The van der Waals surface area contributed by atoms with Crippen LogP contribution in [0.15, 0.2) is 24.3 Å². The lowest BCUT2D eigenvalue weighted by atomic mass is 9.96. The Morgan fingerprint density at radius 3 is 2.55 bits per heavy atom. The molecule has 1 aliphatic carbocycles. The molecule has 0 radical (unpaired) electrons. The van der Waals surface area contributed by atoms with Gasteiger partial charge in [0.1, 0.15) is 0 Å². The van der Waals surface area contributed by atoms with E-state index < -0.39 is 29.7 Å². The second-order valence-electron chi connectivity index (χ2n) is 8.84. The average molecular weight is 399 g/mol. The molecule has 2 fully saturated rings. The first-order valence-corrected chi connectivity index (χ1v) is 9.89. The molecule has 0 spiro atoms. The third-order valence-corrected chi connectivity index (χ3v) is 5.39. The van der Waals surface area contributed by atoms with Crippen LogP contribution in [0.1, 0.15) is 56.8 Å². The molecule has 0 bridgehead atoms. The van der Waals surface area contributed by atoms with Crippen LogP contribution in [0, 0.1) is 0 Å². The Bertz CT molecular complexity index is 902. The summed E-state index contributed by atoms with van der Waals surface area (Å²) in [4.78, 5) is 54.5. The SMILES string of the molecule is CC(C)(C)NC(=O)COC(=O)[C@]12CCC(=O)N1c1ccccc1C(=O)N2C1CC1. The Kier molecular flexibility index (Phi) is 4.40. The zero-order valence-corrected chi connectivity index (χ0v) is 16.9. The summed E-state index contributed by atoms with van der Waals surface area (Å²) in [5.74, 6) is -1.67. The number of fused-ring (bicyclic) bond motifs is 3. The second-order valence-corrected chi connectivity index (χ2v) is 8.84. The molecule has 2 heterocycles. The molecule has 0 aromatic heterocycles. The van der Waals surface area contributed by atoms with E-state index in [1.165, 1.54) is 9.80 Å². The predicted molar refractivity (Wildman–Crippen MR) is 104 cm³/mol. The van der Waals surface area contributed by atoms with Crippen LogP contribution in [0.2, 0.25) is 0 Å². The Morgan fingerprint density at radius 1 is 1.21 bits per heavy atom. The lowest BCUT2D eigenvalue weighted by Crippen LogP contribution is -2.69. The maximum Gasteiger partial charge on any atom is 0.354 e. The number of para-hydroxylation sites is 1. The number of amides is 3. The Labute approximate surface area is 169 Å². The molecule has 8 heteroatoms. The normalized spacial score (nSPS) is 23.6. The number of ether oxygens (including phenoxy) is 1. The molecule has 1 aromatic rings. The summed E-state index contributed by atoms with van der Waals surface area (Å²) in [6.07, 6.45) is 1.83. The van der Waals surface area contributed by atoms with Crippen molar-refractivity contribution in [3.8, 4) is 0 Å². The highest BCUT2D eigenvalue weighted by molar-refractivity contribution is 6.15. The van der Waals surface area contributed by atoms with Crippen LogP contribution < -0.4 is 10.2 Å². The summed E-state index contributed by atoms with van der Waals surface area (Å²) in [5, 5.41) is 2.74. The number of hydrogen-bond donors (Lipinski definition) is 1. The summed E-state index contributed by atoms with van der Waals surface area (Å²) in [6, 6.07) is 6.71. The van der Waals surface area contributed by atoms with E-state index in [4.69, 9.17) is 4.74 Å². The van der Waals surface area contributed by atoms with Crippen LogP contribution >= 0.6 is 0 Å². The Morgan fingerprint density at radius 2 is 1.90 bits per heavy atom. The smallest absolute Gasteiger partial charge is 0.354 e. The van der Waals surface area contributed by atoms with Crippen LogP contribution in [-0.2, 0) is 19.1 Å². The van der Waals surface area contributed by atoms with E-state index in [0.717, 1.165) is 12.8 Å². The minimum atomic E-state index is -1.52. The molecule has 154 valence electrons. The van der Waals surface area contributed by atoms with Gasteiger partial charge in [-0.05, 0) is 45.7 Å². The molecule has 1 saturated carbocycles. The van der Waals surface area contributed by atoms with Crippen molar-refractivity contribution in [1.29, 1.82) is 0 Å². The van der Waals surface area contributed by atoms with Gasteiger partial charge in [0, 0.05) is 24.4 Å². The van der Waals surface area contributed by atoms with Gasteiger partial charge in [0.05, 0.1) is 11.3 Å². The quantitative estimate of drug-likeness (QED) is 0.776. The van der Waals surface area contributed by atoms with E-state index in [-0.39, 0.29) is 30.7 Å². The fourth-order valence-electron chi connectivity index (χ4n) is 4.21. The molecule has 1 atom stereocenters. The van der Waals surface area contributed by atoms with Crippen molar-refractivity contribution < 1.29 is 23.9 Å². The third-order valence-electron chi connectivity index (χ3n) is 5.39. The van der Waals surface area contributed by atoms with Crippen LogP contribution in [0.4, 0.5) is 5.69 Å². The summed E-state index contributed by atoms with van der Waals surface area (Å²) in [5.41, 5.74) is -1.15. The summed E-state index contributed by atoms with van der Waals surface area (Å²) >= 11 is 0. The van der Waals surface area contributed by atoms with Gasteiger partial charge >= 0.3 is 5.97 Å². The molecule has 3 aliphatic rings. The Balaban J connectivity index is 1.69. The maximum absolute atomic E-state index is 13.3. The van der Waals surface area contributed by atoms with Crippen molar-refractivity contribution in [3.05, 3.63) is 29.8 Å². The van der Waals surface area contributed by atoms with Gasteiger partial charge in [-0.3, -0.25) is 19.3 Å². The third kappa shape index (κ3) is 3.16. The van der Waals surface area contributed by atoms with E-state index in [1.807, 2.05) is 20.8 Å². The highest BCUT2D eigenvalue weighted by Gasteiger charge is 2.64. The lowest BCUT2D eigenvalue weighted by Gasteiger charge is -2.48. The Hall–Kier alpha value is -2.90. The molecule has 3 amide bonds. The van der Waals surface area contributed by atoms with Crippen LogP contribution in [-0.4, -0.2) is 52.4 Å². The lowest BCUT2D eigenvalue weighted by molar-refractivity contribution is -0.160. The van der Waals surface area contributed by atoms with E-state index in [1.54, 1.807) is 24.3 Å². The average Bonchev–Trinajstić information content (AvgIpc) is 3.41. The van der Waals surface area contributed by atoms with Gasteiger partial charge in [-0.2, -0.15) is 0 Å². The number of esters is 1. The van der Waals surface area contributed by atoms with Crippen molar-refractivity contribution in [3.63, 3.8) is 0 Å². The molecule has 1 saturated heterocycles. The molecule has 2 aliphatic heterocycles. The number of rotatable bonds is 4. The number of anilines is 1. The molecular weight excluding hydrogens is 374 g/mol. The number of nitrogens with one attached hydrogen (secondary N) is 1. The molecule has 29 heavy (non-hydrogen) atoms. The number of nitrogens with zero attached hydrogens (tertiary/aromatic N) is 2. The van der Waals surface area contributed by atoms with Gasteiger partial charge in [0.2, 0.25) is 11.6 Å². The minimum Gasteiger partial charge on any atom is -0.452 e. The van der Waals surface area contributed by atoms with Gasteiger partial charge in [0.15, 0.2) is 6.61 Å². The number of carbonyl (C=O) groups is 4. The monoisotopic (exact) mass is 399 g/mol. The van der Waals surface area contributed by atoms with Gasteiger partial charge in [-0.1, -0.05) is 12.1 Å². The molecule has 1 aromatic carbocycles. The molecule has 1 N–H and O–H groups in total. The van der Waals surface area contributed by atoms with E-state index in [0.29, 0.717) is 11.3 Å². The van der Waals surface area contributed by atoms with Crippen LogP contribution in [0.5, 0.6) is 0 Å². The van der Waals surface area contributed by atoms with Gasteiger partial charge in [0.25, 0.3) is 11.8 Å². The highest BCUT2D eigenvalue weighted by Crippen LogP contribution is 2.49. The van der Waals surface area contributed by atoms with Gasteiger partial charge in [-0.25, -0.2) is 4.79 Å². The van der Waals surface area contributed by atoms with E-state index >= 15 is 0 Å². The molecule has 4 rings (SSSR count). The molecular formula is C21H25N3O5. The highest BCUT2D eigenvalue weighted by atomic mass is 16.5. The van der Waals surface area contributed by atoms with E-state index in [2.05, 4.69) is 5.32 Å². The van der Waals surface area contributed by atoms with Crippen LogP contribution in [0.25, 0.3) is 0 Å². The fraction of sp³-hybridized carbons (Fsp3) is 0.524. The van der Waals surface area contributed by atoms with Crippen LogP contribution in [0.3, 0.4) is 0 Å².